The summed E-state index contributed by atoms with van der Waals surface area (Å²) in [6, 6.07) is 7.84. The molecule has 7 heteroatoms. The summed E-state index contributed by atoms with van der Waals surface area (Å²) in [5, 5.41) is 8.09. The van der Waals surface area contributed by atoms with Crippen LogP contribution in [0.15, 0.2) is 29.1 Å². The predicted molar refractivity (Wildman–Crippen MR) is 96.7 cm³/mol. The molecule has 0 radical (unpaired) electrons. The minimum atomic E-state index is -0.0788. The zero-order valence-corrected chi connectivity index (χ0v) is 15.1. The van der Waals surface area contributed by atoms with Crippen LogP contribution in [0.1, 0.15) is 37.1 Å². The Morgan fingerprint density at radius 3 is 2.84 bits per heavy atom. The van der Waals surface area contributed by atoms with E-state index in [1.54, 1.807) is 11.6 Å². The van der Waals surface area contributed by atoms with Crippen LogP contribution >= 0.6 is 11.6 Å². The topological polar surface area (TPSA) is 68.9 Å². The molecule has 0 aliphatic carbocycles. The van der Waals surface area contributed by atoms with Gasteiger partial charge in [-0.25, -0.2) is 9.48 Å². The molecule has 0 bridgehead atoms. The third-order valence-electron chi connectivity index (χ3n) is 4.65. The Kier molecular flexibility index (Phi) is 5.58. The van der Waals surface area contributed by atoms with Gasteiger partial charge in [0, 0.05) is 37.5 Å². The van der Waals surface area contributed by atoms with Gasteiger partial charge in [0.2, 0.25) is 5.91 Å². The first-order valence-corrected chi connectivity index (χ1v) is 9.07. The van der Waals surface area contributed by atoms with E-state index in [1.807, 2.05) is 24.3 Å². The molecule has 1 atom stereocenters. The maximum absolute atomic E-state index is 12.2. The lowest BCUT2D eigenvalue weighted by atomic mass is 10.1. The molecule has 1 aliphatic rings. The summed E-state index contributed by atoms with van der Waals surface area (Å²) in [4.78, 5) is 24.1. The number of carbonyl (C=O) groups is 1. The van der Waals surface area contributed by atoms with Crippen molar-refractivity contribution in [3.8, 4) is 0 Å². The standard InChI is InChI=1S/C18H23ClN4O2/c1-22-18(25)23-12-11-15(9-10-16(23)21-22)20-17(24)4-2-3-13-5-7-14(19)8-6-13/h5-8,15H,2-4,9-12H2,1H3,(H,20,24). The van der Waals surface area contributed by atoms with E-state index in [0.29, 0.717) is 19.4 Å². The number of nitrogens with zero attached hydrogens (tertiary/aromatic N) is 3. The normalized spacial score (nSPS) is 17.0. The number of halogens is 1. The summed E-state index contributed by atoms with van der Waals surface area (Å²) in [6.07, 6.45) is 4.47. The highest BCUT2D eigenvalue weighted by atomic mass is 35.5. The van der Waals surface area contributed by atoms with Crippen molar-refractivity contribution in [2.75, 3.05) is 0 Å². The quantitative estimate of drug-likeness (QED) is 0.885. The van der Waals surface area contributed by atoms with Gasteiger partial charge < -0.3 is 5.32 Å². The Labute approximate surface area is 151 Å². The van der Waals surface area contributed by atoms with Crippen LogP contribution < -0.4 is 11.0 Å². The zero-order chi connectivity index (χ0) is 17.8. The van der Waals surface area contributed by atoms with Gasteiger partial charge in [0.15, 0.2) is 0 Å². The van der Waals surface area contributed by atoms with Crippen LogP contribution in [0.4, 0.5) is 0 Å². The van der Waals surface area contributed by atoms with E-state index in [4.69, 9.17) is 11.6 Å². The molecule has 1 amide bonds. The number of rotatable bonds is 5. The summed E-state index contributed by atoms with van der Waals surface area (Å²) >= 11 is 5.87. The van der Waals surface area contributed by atoms with Gasteiger partial charge >= 0.3 is 5.69 Å². The lowest BCUT2D eigenvalue weighted by molar-refractivity contribution is -0.122. The minimum absolute atomic E-state index is 0.0754. The van der Waals surface area contributed by atoms with E-state index in [1.165, 1.54) is 10.2 Å². The Morgan fingerprint density at radius 2 is 2.08 bits per heavy atom. The number of hydrogen-bond donors (Lipinski definition) is 1. The number of nitrogens with one attached hydrogen (secondary N) is 1. The van der Waals surface area contributed by atoms with Gasteiger partial charge in [-0.15, -0.1) is 0 Å². The van der Waals surface area contributed by atoms with E-state index in [-0.39, 0.29) is 17.6 Å². The molecule has 1 aromatic carbocycles. The second-order valence-corrected chi connectivity index (χ2v) is 6.98. The zero-order valence-electron chi connectivity index (χ0n) is 14.4. The van der Waals surface area contributed by atoms with Crippen LogP contribution in [-0.2, 0) is 31.2 Å². The molecular formula is C18H23ClN4O2. The molecule has 0 saturated carbocycles. The van der Waals surface area contributed by atoms with E-state index >= 15 is 0 Å². The molecule has 2 heterocycles. The minimum Gasteiger partial charge on any atom is -0.353 e. The number of benzene rings is 1. The molecule has 1 aromatic heterocycles. The van der Waals surface area contributed by atoms with Crippen molar-refractivity contribution in [3.63, 3.8) is 0 Å². The summed E-state index contributed by atoms with van der Waals surface area (Å²) < 4.78 is 3.09. The Balaban J connectivity index is 1.44. The highest BCUT2D eigenvalue weighted by Gasteiger charge is 2.21. The number of hydrogen-bond acceptors (Lipinski definition) is 3. The van der Waals surface area contributed by atoms with Crippen LogP contribution in [0.25, 0.3) is 0 Å². The fraction of sp³-hybridized carbons (Fsp3) is 0.500. The van der Waals surface area contributed by atoms with E-state index < -0.39 is 0 Å². The fourth-order valence-electron chi connectivity index (χ4n) is 3.25. The molecule has 0 fully saturated rings. The van der Waals surface area contributed by atoms with Crippen LogP contribution in [0.5, 0.6) is 0 Å². The largest absolute Gasteiger partial charge is 0.353 e. The van der Waals surface area contributed by atoms with Crippen molar-refractivity contribution in [1.29, 1.82) is 0 Å². The molecular weight excluding hydrogens is 340 g/mol. The lowest BCUT2D eigenvalue weighted by Crippen LogP contribution is -2.35. The van der Waals surface area contributed by atoms with E-state index in [9.17, 15) is 9.59 Å². The molecule has 25 heavy (non-hydrogen) atoms. The number of aromatic nitrogens is 3. The fourth-order valence-corrected chi connectivity index (χ4v) is 3.37. The second-order valence-electron chi connectivity index (χ2n) is 6.55. The highest BCUT2D eigenvalue weighted by Crippen LogP contribution is 2.13. The van der Waals surface area contributed by atoms with E-state index in [2.05, 4.69) is 10.4 Å². The Morgan fingerprint density at radius 1 is 1.32 bits per heavy atom. The Bertz CT molecular complexity index is 794. The van der Waals surface area contributed by atoms with Crippen molar-refractivity contribution in [2.45, 2.75) is 51.1 Å². The van der Waals surface area contributed by atoms with Crippen LogP contribution in [0.3, 0.4) is 0 Å². The van der Waals surface area contributed by atoms with Gasteiger partial charge in [-0.05, 0) is 43.4 Å². The van der Waals surface area contributed by atoms with Crippen molar-refractivity contribution >= 4 is 17.5 Å². The van der Waals surface area contributed by atoms with Gasteiger partial charge in [-0.3, -0.25) is 9.36 Å². The molecule has 1 aliphatic heterocycles. The summed E-state index contributed by atoms with van der Waals surface area (Å²) in [6.45, 7) is 0.609. The van der Waals surface area contributed by atoms with Gasteiger partial charge in [-0.1, -0.05) is 23.7 Å². The van der Waals surface area contributed by atoms with Crippen molar-refractivity contribution in [3.05, 3.63) is 51.2 Å². The number of fused-ring (bicyclic) bond motifs is 1. The van der Waals surface area contributed by atoms with Crippen molar-refractivity contribution in [1.82, 2.24) is 19.7 Å². The lowest BCUT2D eigenvalue weighted by Gasteiger charge is -2.16. The SMILES string of the molecule is Cn1nc2n(c1=O)CCC(NC(=O)CCCc1ccc(Cl)cc1)CC2. The van der Waals surface area contributed by atoms with Gasteiger partial charge in [-0.2, -0.15) is 5.10 Å². The number of carbonyl (C=O) groups excluding carboxylic acids is 1. The molecule has 0 spiro atoms. The average molecular weight is 363 g/mol. The van der Waals surface area contributed by atoms with Gasteiger partial charge in [0.25, 0.3) is 0 Å². The van der Waals surface area contributed by atoms with E-state index in [0.717, 1.165) is 36.5 Å². The van der Waals surface area contributed by atoms with Crippen LogP contribution in [-0.4, -0.2) is 26.3 Å². The summed E-state index contributed by atoms with van der Waals surface area (Å²) in [5.74, 6) is 0.887. The molecule has 2 aromatic rings. The van der Waals surface area contributed by atoms with Gasteiger partial charge in [0.05, 0.1) is 0 Å². The third kappa shape index (κ3) is 4.51. The molecule has 1 N–H and O–H groups in total. The highest BCUT2D eigenvalue weighted by molar-refractivity contribution is 6.30. The molecule has 0 saturated heterocycles. The summed E-state index contributed by atoms with van der Waals surface area (Å²) in [7, 11) is 1.67. The molecule has 1 unspecified atom stereocenters. The van der Waals surface area contributed by atoms with Crippen molar-refractivity contribution in [2.24, 2.45) is 7.05 Å². The van der Waals surface area contributed by atoms with Crippen molar-refractivity contribution < 1.29 is 4.79 Å². The smallest absolute Gasteiger partial charge is 0.345 e. The Hall–Kier alpha value is -2.08. The molecule has 134 valence electrons. The van der Waals surface area contributed by atoms with Crippen LogP contribution in [0, 0.1) is 0 Å². The first-order chi connectivity index (χ1) is 12.0. The maximum Gasteiger partial charge on any atom is 0.345 e. The van der Waals surface area contributed by atoms with Gasteiger partial charge in [0.1, 0.15) is 5.82 Å². The molecule has 6 nitrogen and oxygen atoms in total. The first-order valence-electron chi connectivity index (χ1n) is 8.69. The third-order valence-corrected chi connectivity index (χ3v) is 4.90. The monoisotopic (exact) mass is 362 g/mol. The average Bonchev–Trinajstić information content (AvgIpc) is 2.74. The maximum atomic E-state index is 12.2. The molecule has 3 rings (SSSR count). The summed E-state index contributed by atoms with van der Waals surface area (Å²) in [5.41, 5.74) is 1.11. The second kappa shape index (κ2) is 7.87. The number of amides is 1. The predicted octanol–water partition coefficient (Wildman–Crippen LogP) is 2.08. The van der Waals surface area contributed by atoms with Crippen LogP contribution in [0.2, 0.25) is 5.02 Å². The number of aryl methyl sites for hydroxylation is 3. The first kappa shape index (κ1) is 17.7.